The zero-order valence-electron chi connectivity index (χ0n) is 18.5. The number of nitrogens with one attached hydrogen (secondary N) is 2. The van der Waals surface area contributed by atoms with Gasteiger partial charge in [-0.15, -0.1) is 0 Å². The van der Waals surface area contributed by atoms with Gasteiger partial charge in [0.2, 0.25) is 17.7 Å². The molecule has 0 saturated carbocycles. The Labute approximate surface area is 187 Å². The van der Waals surface area contributed by atoms with Crippen LogP contribution in [0.2, 0.25) is 0 Å². The number of likely N-dealkylation sites (tertiary alicyclic amines) is 1. The van der Waals surface area contributed by atoms with Gasteiger partial charge in [-0.25, -0.2) is 0 Å². The van der Waals surface area contributed by atoms with E-state index in [-0.39, 0.29) is 36.9 Å². The van der Waals surface area contributed by atoms with Gasteiger partial charge in [-0.1, -0.05) is 48.0 Å². The van der Waals surface area contributed by atoms with Crippen molar-refractivity contribution < 1.29 is 19.1 Å². The summed E-state index contributed by atoms with van der Waals surface area (Å²) < 4.78 is 5.13. The van der Waals surface area contributed by atoms with Gasteiger partial charge in [-0.3, -0.25) is 24.6 Å². The molecule has 3 amide bonds. The number of nitrogens with zero attached hydrogens (tertiary/aromatic N) is 1. The van der Waals surface area contributed by atoms with Gasteiger partial charge in [-0.05, 0) is 31.4 Å². The molecule has 3 heterocycles. The second-order valence-corrected chi connectivity index (χ2v) is 9.03. The lowest BCUT2D eigenvalue weighted by Gasteiger charge is -2.30. The molecule has 4 atom stereocenters. The fraction of sp³-hybridized carbons (Fsp3) is 0.400. The molecule has 1 spiro atoms. The van der Waals surface area contributed by atoms with E-state index in [2.05, 4.69) is 10.6 Å². The monoisotopic (exact) mass is 433 g/mol. The highest BCUT2D eigenvalue weighted by atomic mass is 16.5. The van der Waals surface area contributed by atoms with Crippen LogP contribution in [-0.2, 0) is 31.1 Å². The minimum absolute atomic E-state index is 0.191. The maximum absolute atomic E-state index is 13.6. The van der Waals surface area contributed by atoms with Gasteiger partial charge in [0, 0.05) is 24.4 Å². The van der Waals surface area contributed by atoms with Gasteiger partial charge < -0.3 is 10.1 Å². The van der Waals surface area contributed by atoms with Gasteiger partial charge in [0.15, 0.2) is 0 Å². The van der Waals surface area contributed by atoms with Crippen molar-refractivity contribution >= 4 is 23.4 Å². The quantitative estimate of drug-likeness (QED) is 0.704. The highest BCUT2D eigenvalue weighted by Crippen LogP contribution is 2.54. The van der Waals surface area contributed by atoms with Gasteiger partial charge >= 0.3 is 0 Å². The summed E-state index contributed by atoms with van der Waals surface area (Å²) in [7, 11) is 1.54. The van der Waals surface area contributed by atoms with Crippen LogP contribution in [0.25, 0.3) is 0 Å². The summed E-state index contributed by atoms with van der Waals surface area (Å²) in [6, 6.07) is 13.5. The first-order valence-corrected chi connectivity index (χ1v) is 11.0. The van der Waals surface area contributed by atoms with Crippen LogP contribution in [0.4, 0.5) is 5.69 Å². The molecule has 5 rings (SSSR count). The number of carbonyl (C=O) groups is 3. The molecule has 32 heavy (non-hydrogen) atoms. The first-order valence-electron chi connectivity index (χ1n) is 11.0. The molecule has 2 fully saturated rings. The van der Waals surface area contributed by atoms with Gasteiger partial charge in [0.25, 0.3) is 0 Å². The Bertz CT molecular complexity index is 1120. The third-order valence-electron chi connectivity index (χ3n) is 7.07. The molecule has 2 saturated heterocycles. The molecule has 2 aromatic rings. The number of methoxy groups -OCH3 is 1. The molecule has 0 bridgehead atoms. The van der Waals surface area contributed by atoms with E-state index in [9.17, 15) is 14.4 Å². The second-order valence-electron chi connectivity index (χ2n) is 9.03. The number of anilines is 1. The maximum atomic E-state index is 13.6. The highest BCUT2D eigenvalue weighted by molar-refractivity contribution is 6.15. The number of carbonyl (C=O) groups excluding carboxylic acids is 3. The molecule has 7 nitrogen and oxygen atoms in total. The number of imide groups is 1. The van der Waals surface area contributed by atoms with Crippen LogP contribution in [0.1, 0.15) is 22.3 Å². The Morgan fingerprint density at radius 1 is 1.06 bits per heavy atom. The summed E-state index contributed by atoms with van der Waals surface area (Å²) in [5.74, 6) is -2.20. The number of rotatable bonds is 5. The van der Waals surface area contributed by atoms with Crippen LogP contribution in [-0.4, -0.2) is 48.9 Å². The number of hydrogen-bond acceptors (Lipinski definition) is 5. The van der Waals surface area contributed by atoms with E-state index in [4.69, 9.17) is 4.74 Å². The second kappa shape index (κ2) is 7.53. The van der Waals surface area contributed by atoms with Crippen molar-refractivity contribution in [1.29, 1.82) is 0 Å². The first kappa shape index (κ1) is 20.8. The lowest BCUT2D eigenvalue weighted by molar-refractivity contribution is -0.143. The number of hydrogen-bond donors (Lipinski definition) is 2. The normalized spacial score (nSPS) is 28.4. The number of benzene rings is 2. The average molecular weight is 434 g/mol. The standard InChI is InChI=1S/C25H27N3O4/c1-14-11-15(2)21-17(12-14)25(24(31)26-21)20-19(22(29)28(23(20)30)9-10-32-3)18(27-25)13-16-7-5-4-6-8-16/h4-8,11-12,18-20,27H,9-10,13H2,1-3H3,(H,26,31)/t18-,19+,20-,25+/m0/s1. The van der Waals surface area contributed by atoms with E-state index in [1.54, 1.807) is 7.11 Å². The molecule has 0 radical (unpaired) electrons. The van der Waals surface area contributed by atoms with Crippen LogP contribution >= 0.6 is 0 Å². The van der Waals surface area contributed by atoms with E-state index < -0.39 is 17.4 Å². The van der Waals surface area contributed by atoms with Crippen molar-refractivity contribution in [2.24, 2.45) is 11.8 Å². The molecule has 0 aromatic heterocycles. The van der Waals surface area contributed by atoms with E-state index in [0.29, 0.717) is 6.42 Å². The van der Waals surface area contributed by atoms with Gasteiger partial charge in [0.1, 0.15) is 5.54 Å². The van der Waals surface area contributed by atoms with Crippen LogP contribution in [0, 0.1) is 25.7 Å². The highest BCUT2D eigenvalue weighted by Gasteiger charge is 2.70. The van der Waals surface area contributed by atoms with Crippen molar-refractivity contribution in [3.05, 3.63) is 64.7 Å². The van der Waals surface area contributed by atoms with E-state index in [1.807, 2.05) is 56.3 Å². The number of amides is 3. The van der Waals surface area contributed by atoms with E-state index in [0.717, 1.165) is 27.9 Å². The molecule has 166 valence electrons. The Hall–Kier alpha value is -3.03. The third-order valence-corrected chi connectivity index (χ3v) is 7.07. The summed E-state index contributed by atoms with van der Waals surface area (Å²) in [5.41, 5.74) is 3.25. The summed E-state index contributed by atoms with van der Waals surface area (Å²) in [6.45, 7) is 4.38. The van der Waals surface area contributed by atoms with Gasteiger partial charge in [0.05, 0.1) is 25.0 Å². The number of ether oxygens (including phenoxy) is 1. The summed E-state index contributed by atoms with van der Waals surface area (Å²) in [6.07, 6.45) is 0.550. The summed E-state index contributed by atoms with van der Waals surface area (Å²) >= 11 is 0. The third kappa shape index (κ3) is 2.84. The fourth-order valence-corrected chi connectivity index (χ4v) is 5.76. The fourth-order valence-electron chi connectivity index (χ4n) is 5.76. The minimum atomic E-state index is -1.26. The predicted molar refractivity (Wildman–Crippen MR) is 119 cm³/mol. The topological polar surface area (TPSA) is 87.7 Å². The Morgan fingerprint density at radius 2 is 1.81 bits per heavy atom. The van der Waals surface area contributed by atoms with Crippen molar-refractivity contribution in [3.63, 3.8) is 0 Å². The van der Waals surface area contributed by atoms with Crippen molar-refractivity contribution in [3.8, 4) is 0 Å². The molecular formula is C25H27N3O4. The van der Waals surface area contributed by atoms with Crippen molar-refractivity contribution in [2.75, 3.05) is 25.6 Å². The Balaban J connectivity index is 1.64. The summed E-state index contributed by atoms with van der Waals surface area (Å²) in [5, 5.41) is 6.51. The molecule has 7 heteroatoms. The maximum Gasteiger partial charge on any atom is 0.250 e. The zero-order chi connectivity index (χ0) is 22.6. The molecule has 3 aliphatic heterocycles. The minimum Gasteiger partial charge on any atom is -0.383 e. The van der Waals surface area contributed by atoms with E-state index in [1.165, 1.54) is 4.90 Å². The average Bonchev–Trinajstić information content (AvgIpc) is 3.33. The van der Waals surface area contributed by atoms with Crippen LogP contribution < -0.4 is 10.6 Å². The van der Waals surface area contributed by atoms with Crippen LogP contribution in [0.15, 0.2) is 42.5 Å². The Kier molecular flexibility index (Phi) is 4.91. The molecular weight excluding hydrogens is 406 g/mol. The molecule has 2 aromatic carbocycles. The smallest absolute Gasteiger partial charge is 0.250 e. The van der Waals surface area contributed by atoms with Crippen molar-refractivity contribution in [2.45, 2.75) is 31.8 Å². The molecule has 2 N–H and O–H groups in total. The zero-order valence-corrected chi connectivity index (χ0v) is 18.5. The largest absolute Gasteiger partial charge is 0.383 e. The lowest BCUT2D eigenvalue weighted by Crippen LogP contribution is -2.53. The predicted octanol–water partition coefficient (Wildman–Crippen LogP) is 1.91. The van der Waals surface area contributed by atoms with Gasteiger partial charge in [-0.2, -0.15) is 0 Å². The molecule has 0 unspecified atom stereocenters. The lowest BCUT2D eigenvalue weighted by atomic mass is 9.75. The van der Waals surface area contributed by atoms with Crippen LogP contribution in [0.3, 0.4) is 0 Å². The first-order chi connectivity index (χ1) is 15.4. The van der Waals surface area contributed by atoms with Crippen molar-refractivity contribution in [1.82, 2.24) is 10.2 Å². The summed E-state index contributed by atoms with van der Waals surface area (Å²) in [4.78, 5) is 41.9. The number of aryl methyl sites for hydroxylation is 2. The number of fused-ring (bicyclic) bond motifs is 4. The van der Waals surface area contributed by atoms with Crippen LogP contribution in [0.5, 0.6) is 0 Å². The molecule has 3 aliphatic rings. The SMILES string of the molecule is COCCN1C(=O)[C@@H]2[C@H](Cc3ccccc3)N[C@@]3(C(=O)Nc4c(C)cc(C)cc43)[C@@H]2C1=O. The molecule has 0 aliphatic carbocycles. The van der Waals surface area contributed by atoms with E-state index >= 15 is 0 Å². The Morgan fingerprint density at radius 3 is 2.53 bits per heavy atom.